The summed E-state index contributed by atoms with van der Waals surface area (Å²) in [5.41, 5.74) is 3.87. The normalized spacial score (nSPS) is 19.9. The molecule has 2 aliphatic heterocycles. The number of ether oxygens (including phenoxy) is 2. The topological polar surface area (TPSA) is 74.9 Å². The molecule has 1 saturated heterocycles. The minimum absolute atomic E-state index is 0.00347. The lowest BCUT2D eigenvalue weighted by Crippen LogP contribution is -2.62. The number of methoxy groups -OCH3 is 1. The second-order valence-corrected chi connectivity index (χ2v) is 9.07. The van der Waals surface area contributed by atoms with Gasteiger partial charge in [-0.15, -0.1) is 6.58 Å². The highest BCUT2D eigenvalue weighted by molar-refractivity contribution is 5.97. The summed E-state index contributed by atoms with van der Waals surface area (Å²) in [6.07, 6.45) is 2.13. The number of nitrogens with one attached hydrogen (secondary N) is 1. The Balaban J connectivity index is 1.68. The number of para-hydroxylation sites is 1. The first kappa shape index (κ1) is 22.1. The molecule has 2 aromatic carbocycles. The Morgan fingerprint density at radius 3 is 2.71 bits per heavy atom. The number of hydrogen-bond donors (Lipinski definition) is 1. The van der Waals surface area contributed by atoms with E-state index in [1.165, 1.54) is 0 Å². The number of aromatic amines is 1. The fraction of sp³-hybridized carbons (Fsp3) is 0.333. The molecule has 2 atom stereocenters. The average Bonchev–Trinajstić information content (AvgIpc) is 3.19. The summed E-state index contributed by atoms with van der Waals surface area (Å²) in [4.78, 5) is 33.8. The zero-order valence-electron chi connectivity index (χ0n) is 19.7. The predicted octanol–water partition coefficient (Wildman–Crippen LogP) is 3.83. The fourth-order valence-electron chi connectivity index (χ4n) is 5.19. The van der Waals surface area contributed by atoms with Gasteiger partial charge in [0.05, 0.1) is 19.3 Å². The maximum Gasteiger partial charge on any atom is 0.246 e. The van der Waals surface area contributed by atoms with Crippen LogP contribution in [0.5, 0.6) is 11.5 Å². The van der Waals surface area contributed by atoms with E-state index < -0.39 is 12.1 Å². The summed E-state index contributed by atoms with van der Waals surface area (Å²) in [5.74, 6) is 1.10. The first-order valence-electron chi connectivity index (χ1n) is 11.6. The third-order valence-electron chi connectivity index (χ3n) is 6.56. The molecule has 3 aromatic rings. The van der Waals surface area contributed by atoms with Gasteiger partial charge >= 0.3 is 0 Å². The van der Waals surface area contributed by atoms with Crippen molar-refractivity contribution < 1.29 is 19.1 Å². The molecule has 0 radical (unpaired) electrons. The maximum atomic E-state index is 13.5. The Labute approximate surface area is 198 Å². The lowest BCUT2D eigenvalue weighted by Gasteiger charge is -2.47. The summed E-state index contributed by atoms with van der Waals surface area (Å²) in [6.45, 7) is 8.07. The van der Waals surface area contributed by atoms with E-state index in [-0.39, 0.29) is 24.5 Å². The summed E-state index contributed by atoms with van der Waals surface area (Å²) in [7, 11) is 1.60. The van der Waals surface area contributed by atoms with Crippen LogP contribution in [0.25, 0.3) is 10.9 Å². The molecule has 7 nitrogen and oxygen atoms in total. The number of nitrogens with zero attached hydrogens (tertiary/aromatic N) is 2. The van der Waals surface area contributed by atoms with Gasteiger partial charge in [0.25, 0.3) is 0 Å². The maximum absolute atomic E-state index is 13.5. The molecule has 7 heteroatoms. The summed E-state index contributed by atoms with van der Waals surface area (Å²) < 4.78 is 11.5. The predicted molar refractivity (Wildman–Crippen MR) is 130 cm³/mol. The highest BCUT2D eigenvalue weighted by Crippen LogP contribution is 2.44. The van der Waals surface area contributed by atoms with E-state index >= 15 is 0 Å². The summed E-state index contributed by atoms with van der Waals surface area (Å²) >= 11 is 0. The molecule has 1 fully saturated rings. The Bertz CT molecular complexity index is 1280. The van der Waals surface area contributed by atoms with E-state index in [0.29, 0.717) is 24.5 Å². The van der Waals surface area contributed by atoms with E-state index in [0.717, 1.165) is 27.7 Å². The summed E-state index contributed by atoms with van der Waals surface area (Å²) in [5, 5.41) is 1.08. The minimum Gasteiger partial charge on any atom is -0.493 e. The quantitative estimate of drug-likeness (QED) is 0.569. The minimum atomic E-state index is -0.574. The van der Waals surface area contributed by atoms with Gasteiger partial charge in [-0.2, -0.15) is 0 Å². The molecular weight excluding hydrogens is 430 g/mol. The van der Waals surface area contributed by atoms with Crippen LogP contribution in [0.3, 0.4) is 0 Å². The number of carbonyl (C=O) groups excluding carboxylic acids is 2. The average molecular weight is 460 g/mol. The summed E-state index contributed by atoms with van der Waals surface area (Å²) in [6, 6.07) is 12.8. The first-order chi connectivity index (χ1) is 16.4. The number of hydrogen-bond acceptors (Lipinski definition) is 4. The number of aromatic nitrogens is 1. The lowest BCUT2D eigenvalue weighted by molar-refractivity contribution is -0.158. The van der Waals surface area contributed by atoms with Gasteiger partial charge < -0.3 is 24.3 Å². The van der Waals surface area contributed by atoms with Crippen LogP contribution in [0, 0.1) is 0 Å². The highest BCUT2D eigenvalue weighted by Gasteiger charge is 2.48. The highest BCUT2D eigenvalue weighted by atomic mass is 16.5. The van der Waals surface area contributed by atoms with Crippen LogP contribution in [0.4, 0.5) is 0 Å². The second kappa shape index (κ2) is 8.56. The molecule has 176 valence electrons. The van der Waals surface area contributed by atoms with Gasteiger partial charge in [0.1, 0.15) is 12.6 Å². The Morgan fingerprint density at radius 1 is 1.18 bits per heavy atom. The van der Waals surface area contributed by atoms with Crippen molar-refractivity contribution in [2.24, 2.45) is 0 Å². The van der Waals surface area contributed by atoms with Crippen LogP contribution in [0.1, 0.15) is 36.7 Å². The molecule has 3 heterocycles. The number of amides is 2. The standard InChI is InChI=1S/C27H29N3O4/c1-5-12-29-15-24(31)30-21(27(29)32)14-19-18-8-6-7-9-20(18)28-25(19)26(30)17-10-11-22(34-16(2)3)23(13-17)33-4/h5-11,13,16,21,26,28H,1,12,14-15H2,2-4H3/t21-,26-/m0/s1. The largest absolute Gasteiger partial charge is 0.493 e. The molecule has 0 spiro atoms. The SMILES string of the molecule is C=CCN1CC(=O)N2[C@@H](c3ccc(OC(C)C)c(OC)c3)c3[nH]c4ccccc4c3C[C@H]2C1=O. The zero-order valence-corrected chi connectivity index (χ0v) is 19.7. The molecule has 1 aromatic heterocycles. The van der Waals surface area contributed by atoms with E-state index in [4.69, 9.17) is 9.47 Å². The van der Waals surface area contributed by atoms with Crippen molar-refractivity contribution >= 4 is 22.7 Å². The van der Waals surface area contributed by atoms with Gasteiger partial charge in [-0.3, -0.25) is 9.59 Å². The van der Waals surface area contributed by atoms with Crippen LogP contribution >= 0.6 is 0 Å². The Morgan fingerprint density at radius 2 is 1.97 bits per heavy atom. The van der Waals surface area contributed by atoms with Crippen LogP contribution < -0.4 is 9.47 Å². The smallest absolute Gasteiger partial charge is 0.246 e. The third kappa shape index (κ3) is 3.52. The molecule has 2 aliphatic rings. The zero-order chi connectivity index (χ0) is 24.0. The molecule has 1 N–H and O–H groups in total. The molecule has 0 bridgehead atoms. The van der Waals surface area contributed by atoms with Crippen molar-refractivity contribution in [3.8, 4) is 11.5 Å². The number of fused-ring (bicyclic) bond motifs is 4. The van der Waals surface area contributed by atoms with Crippen molar-refractivity contribution in [1.29, 1.82) is 0 Å². The van der Waals surface area contributed by atoms with Crippen LogP contribution in [-0.4, -0.2) is 58.9 Å². The molecule has 0 saturated carbocycles. The number of benzene rings is 2. The molecule has 34 heavy (non-hydrogen) atoms. The molecule has 2 amide bonds. The Kier molecular flexibility index (Phi) is 5.55. The van der Waals surface area contributed by atoms with Crippen molar-refractivity contribution in [2.45, 2.75) is 38.5 Å². The van der Waals surface area contributed by atoms with Gasteiger partial charge in [0.2, 0.25) is 11.8 Å². The first-order valence-corrected chi connectivity index (χ1v) is 11.6. The van der Waals surface area contributed by atoms with Crippen molar-refractivity contribution in [3.05, 3.63) is 71.9 Å². The Hall–Kier alpha value is -3.74. The van der Waals surface area contributed by atoms with E-state index in [2.05, 4.69) is 17.6 Å². The number of rotatable bonds is 6. The van der Waals surface area contributed by atoms with Crippen molar-refractivity contribution in [3.63, 3.8) is 0 Å². The van der Waals surface area contributed by atoms with Gasteiger partial charge in [-0.25, -0.2) is 0 Å². The van der Waals surface area contributed by atoms with Crippen molar-refractivity contribution in [1.82, 2.24) is 14.8 Å². The third-order valence-corrected chi connectivity index (χ3v) is 6.56. The van der Waals surface area contributed by atoms with E-state index in [1.807, 2.05) is 50.2 Å². The molecule has 5 rings (SSSR count). The van der Waals surface area contributed by atoms with Gasteiger partial charge in [0, 0.05) is 29.6 Å². The molecule has 0 unspecified atom stereocenters. The number of H-pyrrole nitrogens is 1. The van der Waals surface area contributed by atoms with E-state index in [1.54, 1.807) is 23.0 Å². The van der Waals surface area contributed by atoms with Gasteiger partial charge in [-0.1, -0.05) is 30.3 Å². The fourth-order valence-corrected chi connectivity index (χ4v) is 5.19. The second-order valence-electron chi connectivity index (χ2n) is 9.07. The molecule has 0 aliphatic carbocycles. The van der Waals surface area contributed by atoms with Crippen LogP contribution in [0.2, 0.25) is 0 Å². The van der Waals surface area contributed by atoms with Crippen LogP contribution in [-0.2, 0) is 16.0 Å². The monoisotopic (exact) mass is 459 g/mol. The van der Waals surface area contributed by atoms with Gasteiger partial charge in [0.15, 0.2) is 11.5 Å². The van der Waals surface area contributed by atoms with E-state index in [9.17, 15) is 9.59 Å². The number of piperazine rings is 1. The lowest BCUT2D eigenvalue weighted by atomic mass is 9.86. The van der Waals surface area contributed by atoms with Crippen LogP contribution in [0.15, 0.2) is 55.1 Å². The van der Waals surface area contributed by atoms with Gasteiger partial charge in [-0.05, 0) is 43.2 Å². The molecular formula is C27H29N3O4. The van der Waals surface area contributed by atoms with Crippen molar-refractivity contribution in [2.75, 3.05) is 20.2 Å². The number of carbonyl (C=O) groups is 2.